The zero-order valence-electron chi connectivity index (χ0n) is 19.2. The molecule has 0 unspecified atom stereocenters. The molecule has 0 heterocycles. The van der Waals surface area contributed by atoms with Gasteiger partial charge in [-0.2, -0.15) is 0 Å². The number of benzene rings is 2. The molecule has 0 fully saturated rings. The molecular weight excluding hydrogens is 388 g/mol. The van der Waals surface area contributed by atoms with E-state index in [1.807, 2.05) is 0 Å². The summed E-state index contributed by atoms with van der Waals surface area (Å²) in [7, 11) is -2.05. The van der Waals surface area contributed by atoms with Crippen molar-refractivity contribution in [3.63, 3.8) is 0 Å². The van der Waals surface area contributed by atoms with Crippen molar-refractivity contribution in [2.75, 3.05) is 7.11 Å². The Morgan fingerprint density at radius 3 is 1.69 bits per heavy atom. The van der Waals surface area contributed by atoms with Crippen LogP contribution in [0.1, 0.15) is 26.7 Å². The molecule has 0 aliphatic carbocycles. The fourth-order valence-corrected chi connectivity index (χ4v) is 12.1. The average molecular weight is 427 g/mol. The van der Waals surface area contributed by atoms with Crippen molar-refractivity contribution in [1.29, 1.82) is 0 Å². The Hall–Kier alpha value is -1.66. The summed E-state index contributed by atoms with van der Waals surface area (Å²) in [6, 6.07) is 21.9. The summed E-state index contributed by atoms with van der Waals surface area (Å²) in [4.78, 5) is 12.4. The number of esters is 1. The van der Waals surface area contributed by atoms with E-state index < -0.39 is 16.1 Å². The minimum Gasteiger partial charge on any atom is -0.469 e. The largest absolute Gasteiger partial charge is 0.469 e. The van der Waals surface area contributed by atoms with Gasteiger partial charge in [0.05, 0.1) is 23.3 Å². The molecule has 0 amide bonds. The van der Waals surface area contributed by atoms with Crippen molar-refractivity contribution in [1.82, 2.24) is 0 Å². The van der Waals surface area contributed by atoms with Crippen LogP contribution < -0.4 is 10.4 Å². The first-order valence-corrected chi connectivity index (χ1v) is 16.9. The molecule has 2 aromatic carbocycles. The lowest BCUT2D eigenvalue weighted by atomic mass is 10.0. The minimum absolute atomic E-state index is 0.0757. The minimum atomic E-state index is -1.85. The van der Waals surface area contributed by atoms with E-state index in [9.17, 15) is 4.79 Å². The molecule has 158 valence electrons. The number of carbonyl (C=O) groups is 1. The Morgan fingerprint density at radius 2 is 1.28 bits per heavy atom. The average Bonchev–Trinajstić information content (AvgIpc) is 2.71. The molecule has 2 nitrogen and oxygen atoms in total. The fourth-order valence-electron chi connectivity index (χ4n) is 4.81. The van der Waals surface area contributed by atoms with Crippen LogP contribution in [0.5, 0.6) is 0 Å². The van der Waals surface area contributed by atoms with E-state index in [0.717, 1.165) is 6.42 Å². The van der Waals surface area contributed by atoms with Crippen LogP contribution in [-0.2, 0) is 9.53 Å². The van der Waals surface area contributed by atoms with Gasteiger partial charge in [-0.05, 0) is 17.0 Å². The third kappa shape index (κ3) is 5.70. The topological polar surface area (TPSA) is 26.3 Å². The van der Waals surface area contributed by atoms with Gasteiger partial charge >= 0.3 is 5.97 Å². The van der Waals surface area contributed by atoms with E-state index in [-0.39, 0.29) is 5.97 Å². The molecular formula is C25H38O2Si2. The molecule has 0 N–H and O–H groups in total. The monoisotopic (exact) mass is 426 g/mol. The number of rotatable bonds is 9. The maximum absolute atomic E-state index is 12.4. The molecule has 4 heteroatoms. The van der Waals surface area contributed by atoms with Crippen LogP contribution in [-0.4, -0.2) is 29.2 Å². The highest BCUT2D eigenvalue weighted by Gasteiger charge is 2.42. The van der Waals surface area contributed by atoms with Crippen molar-refractivity contribution < 1.29 is 9.53 Å². The maximum Gasteiger partial charge on any atom is 0.305 e. The Morgan fingerprint density at radius 1 is 0.828 bits per heavy atom. The van der Waals surface area contributed by atoms with Gasteiger partial charge in [0.2, 0.25) is 0 Å². The molecule has 0 radical (unpaired) electrons. The highest BCUT2D eigenvalue weighted by Crippen LogP contribution is 2.42. The van der Waals surface area contributed by atoms with Crippen LogP contribution in [0.4, 0.5) is 0 Å². The first-order valence-electron chi connectivity index (χ1n) is 10.8. The van der Waals surface area contributed by atoms with Crippen LogP contribution in [0.3, 0.4) is 0 Å². The van der Waals surface area contributed by atoms with Gasteiger partial charge < -0.3 is 4.74 Å². The van der Waals surface area contributed by atoms with E-state index in [0.29, 0.717) is 23.4 Å². The normalized spacial score (nSPS) is 14.5. The smallest absolute Gasteiger partial charge is 0.305 e. The van der Waals surface area contributed by atoms with Gasteiger partial charge in [-0.3, -0.25) is 4.79 Å². The summed E-state index contributed by atoms with van der Waals surface area (Å²) in [5.41, 5.74) is 0.968. The summed E-state index contributed by atoms with van der Waals surface area (Å²) in [6.45, 7) is 14.6. The van der Waals surface area contributed by atoms with Crippen molar-refractivity contribution in [2.24, 2.45) is 5.92 Å². The standard InChI is InChI=1S/C25H38O2Si2/c1-20(2)24(29(6,7)22-16-12-9-13-17-22)18-23(19-25(26)27-3)28(4,5)21-14-10-8-11-15-21/h8-17,20,23-24H,18-19H2,1-7H3/t23-,24-/m1/s1. The summed E-state index contributed by atoms with van der Waals surface area (Å²) >= 11 is 0. The molecule has 0 bridgehead atoms. The van der Waals surface area contributed by atoms with Crippen LogP contribution in [0.2, 0.25) is 37.3 Å². The summed E-state index contributed by atoms with van der Waals surface area (Å²) in [6.07, 6.45) is 1.61. The van der Waals surface area contributed by atoms with Crippen LogP contribution in [0.15, 0.2) is 60.7 Å². The third-order valence-electron chi connectivity index (χ3n) is 6.97. The van der Waals surface area contributed by atoms with E-state index in [2.05, 4.69) is 101 Å². The molecule has 2 aromatic rings. The molecule has 0 aliphatic heterocycles. The Balaban J connectivity index is 2.42. The van der Waals surface area contributed by atoms with Crippen LogP contribution in [0, 0.1) is 5.92 Å². The molecule has 0 aliphatic rings. The Bertz CT molecular complexity index is 770. The zero-order chi connectivity index (χ0) is 21.7. The van der Waals surface area contributed by atoms with E-state index in [1.54, 1.807) is 0 Å². The summed E-state index contributed by atoms with van der Waals surface area (Å²) < 4.78 is 5.12. The molecule has 0 saturated heterocycles. The predicted molar refractivity (Wildman–Crippen MR) is 131 cm³/mol. The lowest BCUT2D eigenvalue weighted by molar-refractivity contribution is -0.140. The van der Waals surface area contributed by atoms with Crippen LogP contribution >= 0.6 is 0 Å². The van der Waals surface area contributed by atoms with Crippen molar-refractivity contribution in [2.45, 2.75) is 64.0 Å². The first kappa shape index (κ1) is 23.6. The van der Waals surface area contributed by atoms with Crippen LogP contribution in [0.25, 0.3) is 0 Å². The van der Waals surface area contributed by atoms with Gasteiger partial charge in [0.15, 0.2) is 0 Å². The first-order chi connectivity index (χ1) is 13.6. The second kappa shape index (κ2) is 9.90. The Labute approximate surface area is 179 Å². The highest BCUT2D eigenvalue weighted by molar-refractivity contribution is 6.92. The second-order valence-electron chi connectivity index (χ2n) is 9.74. The number of ether oxygens (including phenoxy) is 1. The zero-order valence-corrected chi connectivity index (χ0v) is 21.2. The maximum atomic E-state index is 12.4. The predicted octanol–water partition coefficient (Wildman–Crippen LogP) is 5.57. The lowest BCUT2D eigenvalue weighted by Gasteiger charge is -2.42. The second-order valence-corrected chi connectivity index (χ2v) is 19.3. The molecule has 2 atom stereocenters. The Kier molecular flexibility index (Phi) is 8.06. The van der Waals surface area contributed by atoms with Crippen molar-refractivity contribution in [3.8, 4) is 0 Å². The van der Waals surface area contributed by atoms with Crippen molar-refractivity contribution in [3.05, 3.63) is 60.7 Å². The molecule has 0 saturated carbocycles. The van der Waals surface area contributed by atoms with E-state index in [1.165, 1.54) is 17.5 Å². The molecule has 2 rings (SSSR count). The number of hydrogen-bond donors (Lipinski definition) is 0. The number of methoxy groups -OCH3 is 1. The summed E-state index contributed by atoms with van der Waals surface area (Å²) in [5, 5.41) is 2.94. The molecule has 0 spiro atoms. The van der Waals surface area contributed by atoms with E-state index >= 15 is 0 Å². The molecule has 29 heavy (non-hydrogen) atoms. The lowest BCUT2D eigenvalue weighted by Crippen LogP contribution is -2.51. The highest BCUT2D eigenvalue weighted by atomic mass is 28.3. The van der Waals surface area contributed by atoms with Crippen molar-refractivity contribution >= 4 is 32.5 Å². The summed E-state index contributed by atoms with van der Waals surface area (Å²) in [5.74, 6) is 0.505. The quantitative estimate of drug-likeness (QED) is 0.387. The number of hydrogen-bond acceptors (Lipinski definition) is 2. The fraction of sp³-hybridized carbons (Fsp3) is 0.480. The molecule has 0 aromatic heterocycles. The third-order valence-corrected chi connectivity index (χ3v) is 15.8. The number of carbonyl (C=O) groups excluding carboxylic acids is 1. The van der Waals surface area contributed by atoms with Gasteiger partial charge in [0, 0.05) is 6.42 Å². The van der Waals surface area contributed by atoms with Gasteiger partial charge in [0.25, 0.3) is 0 Å². The van der Waals surface area contributed by atoms with Gasteiger partial charge in [-0.15, -0.1) is 0 Å². The van der Waals surface area contributed by atoms with E-state index in [4.69, 9.17) is 4.74 Å². The van der Waals surface area contributed by atoms with Gasteiger partial charge in [0.1, 0.15) is 0 Å². The van der Waals surface area contributed by atoms with Gasteiger partial charge in [-0.1, -0.05) is 117 Å². The van der Waals surface area contributed by atoms with Gasteiger partial charge in [-0.25, -0.2) is 0 Å². The SMILES string of the molecule is COC(=O)C[C@@H](C[C@H](C(C)C)[Si](C)(C)c1ccccc1)[Si](C)(C)c1ccccc1.